The molecule has 0 radical (unpaired) electrons. The van der Waals surface area contributed by atoms with Crippen LogP contribution in [0.2, 0.25) is 0 Å². The van der Waals surface area contributed by atoms with Gasteiger partial charge in [-0.25, -0.2) is 4.79 Å². The molecule has 8 nitrogen and oxygen atoms in total. The summed E-state index contributed by atoms with van der Waals surface area (Å²) in [6, 6.07) is 11.5. The molecule has 2 amide bonds. The van der Waals surface area contributed by atoms with Gasteiger partial charge in [-0.15, -0.1) is 0 Å². The van der Waals surface area contributed by atoms with E-state index in [1.807, 2.05) is 0 Å². The van der Waals surface area contributed by atoms with E-state index in [4.69, 9.17) is 9.47 Å². The van der Waals surface area contributed by atoms with Gasteiger partial charge in [0.25, 0.3) is 0 Å². The number of nitrogens with one attached hydrogen (secondary N) is 1. The molecule has 0 bridgehead atoms. The van der Waals surface area contributed by atoms with E-state index in [2.05, 4.69) is 10.1 Å². The van der Waals surface area contributed by atoms with Gasteiger partial charge in [-0.2, -0.15) is 0 Å². The van der Waals surface area contributed by atoms with Crippen LogP contribution in [0.5, 0.6) is 11.5 Å². The highest BCUT2D eigenvalue weighted by atomic mass is 16.5. The van der Waals surface area contributed by atoms with Crippen LogP contribution in [0.15, 0.2) is 42.5 Å². The summed E-state index contributed by atoms with van der Waals surface area (Å²) >= 11 is 0. The number of hydrogen-bond acceptors (Lipinski definition) is 6. The fourth-order valence-electron chi connectivity index (χ4n) is 3.18. The van der Waals surface area contributed by atoms with Gasteiger partial charge in [0.2, 0.25) is 11.8 Å². The maximum atomic E-state index is 12.6. The molecular formula is C21H22N2O6. The first-order valence-electron chi connectivity index (χ1n) is 8.98. The molecular weight excluding hydrogens is 376 g/mol. The van der Waals surface area contributed by atoms with Gasteiger partial charge >= 0.3 is 5.97 Å². The maximum Gasteiger partial charge on any atom is 0.337 e. The van der Waals surface area contributed by atoms with Crippen molar-refractivity contribution in [3.8, 4) is 11.5 Å². The van der Waals surface area contributed by atoms with E-state index in [-0.39, 0.29) is 24.8 Å². The lowest BCUT2D eigenvalue weighted by Gasteiger charge is -2.20. The van der Waals surface area contributed by atoms with Crippen molar-refractivity contribution in [3.63, 3.8) is 0 Å². The Bertz CT molecular complexity index is 925. The summed E-state index contributed by atoms with van der Waals surface area (Å²) in [5, 5.41) is 2.79. The van der Waals surface area contributed by atoms with Crippen molar-refractivity contribution >= 4 is 29.2 Å². The molecule has 1 fully saturated rings. The molecule has 1 heterocycles. The minimum absolute atomic E-state index is 0.0985. The molecule has 1 atom stereocenters. The maximum absolute atomic E-state index is 12.6. The number of benzene rings is 2. The zero-order chi connectivity index (χ0) is 21.0. The number of rotatable bonds is 6. The topological polar surface area (TPSA) is 94.2 Å². The second-order valence-electron chi connectivity index (χ2n) is 6.50. The highest BCUT2D eigenvalue weighted by Gasteiger charge is 2.36. The molecule has 3 rings (SSSR count). The number of carbonyl (C=O) groups is 3. The third-order valence-electron chi connectivity index (χ3n) is 4.75. The Labute approximate surface area is 168 Å². The predicted octanol–water partition coefficient (Wildman–Crippen LogP) is 2.48. The van der Waals surface area contributed by atoms with E-state index in [0.717, 1.165) is 0 Å². The molecule has 152 valence electrons. The fourth-order valence-corrected chi connectivity index (χ4v) is 3.18. The quantitative estimate of drug-likeness (QED) is 0.752. The number of esters is 1. The van der Waals surface area contributed by atoms with E-state index in [1.165, 1.54) is 14.2 Å². The van der Waals surface area contributed by atoms with Gasteiger partial charge in [0.1, 0.15) is 11.5 Å². The van der Waals surface area contributed by atoms with Crippen molar-refractivity contribution in [2.45, 2.75) is 6.42 Å². The van der Waals surface area contributed by atoms with E-state index in [9.17, 15) is 14.4 Å². The number of amides is 2. The lowest BCUT2D eigenvalue weighted by atomic mass is 10.1. The Hall–Kier alpha value is -3.55. The molecule has 1 aliphatic rings. The minimum atomic E-state index is -0.505. The Morgan fingerprint density at radius 3 is 2.38 bits per heavy atom. The lowest BCUT2D eigenvalue weighted by molar-refractivity contribution is -0.122. The molecule has 29 heavy (non-hydrogen) atoms. The van der Waals surface area contributed by atoms with Crippen molar-refractivity contribution in [1.29, 1.82) is 0 Å². The van der Waals surface area contributed by atoms with Crippen LogP contribution in [-0.2, 0) is 14.3 Å². The summed E-state index contributed by atoms with van der Waals surface area (Å²) in [5.41, 5.74) is 1.52. The second-order valence-corrected chi connectivity index (χ2v) is 6.50. The zero-order valence-corrected chi connectivity index (χ0v) is 16.4. The molecule has 0 aromatic heterocycles. The average Bonchev–Trinajstić information content (AvgIpc) is 3.14. The van der Waals surface area contributed by atoms with Crippen LogP contribution < -0.4 is 19.7 Å². The van der Waals surface area contributed by atoms with Crippen LogP contribution in [0, 0.1) is 5.92 Å². The fraction of sp³-hybridized carbons (Fsp3) is 0.286. The van der Waals surface area contributed by atoms with Gasteiger partial charge in [-0.3, -0.25) is 9.59 Å². The molecule has 1 unspecified atom stereocenters. The van der Waals surface area contributed by atoms with Crippen molar-refractivity contribution in [3.05, 3.63) is 48.0 Å². The summed E-state index contributed by atoms with van der Waals surface area (Å²) in [5.74, 6) is -0.268. The third-order valence-corrected chi connectivity index (χ3v) is 4.75. The van der Waals surface area contributed by atoms with Crippen LogP contribution in [0.1, 0.15) is 16.8 Å². The standard InChI is InChI=1S/C21H22N2O6/c1-27-16-8-9-17(18(11-16)28-2)23-12-14(10-19(23)24)20(25)22-15-6-4-13(5-7-15)21(26)29-3/h4-9,11,14H,10,12H2,1-3H3,(H,22,25). The van der Waals surface area contributed by atoms with Gasteiger partial charge in [-0.05, 0) is 36.4 Å². The van der Waals surface area contributed by atoms with Crippen molar-refractivity contribution in [2.75, 3.05) is 38.1 Å². The van der Waals surface area contributed by atoms with Crippen LogP contribution in [0.4, 0.5) is 11.4 Å². The van der Waals surface area contributed by atoms with Crippen molar-refractivity contribution < 1.29 is 28.6 Å². The number of carbonyl (C=O) groups excluding carboxylic acids is 3. The number of methoxy groups -OCH3 is 3. The highest BCUT2D eigenvalue weighted by Crippen LogP contribution is 2.36. The van der Waals surface area contributed by atoms with E-state index < -0.39 is 11.9 Å². The molecule has 1 N–H and O–H groups in total. The minimum Gasteiger partial charge on any atom is -0.497 e. The molecule has 0 saturated carbocycles. The van der Waals surface area contributed by atoms with Gasteiger partial charge in [-0.1, -0.05) is 0 Å². The summed E-state index contributed by atoms with van der Waals surface area (Å²) in [7, 11) is 4.37. The average molecular weight is 398 g/mol. The Morgan fingerprint density at radius 1 is 1.03 bits per heavy atom. The van der Waals surface area contributed by atoms with E-state index in [0.29, 0.717) is 28.4 Å². The summed E-state index contributed by atoms with van der Waals surface area (Å²) < 4.78 is 15.2. The molecule has 2 aromatic rings. The predicted molar refractivity (Wildman–Crippen MR) is 106 cm³/mol. The Kier molecular flexibility index (Phi) is 6.01. The largest absolute Gasteiger partial charge is 0.497 e. The zero-order valence-electron chi connectivity index (χ0n) is 16.4. The van der Waals surface area contributed by atoms with Crippen molar-refractivity contribution in [2.24, 2.45) is 5.92 Å². The Morgan fingerprint density at radius 2 is 1.76 bits per heavy atom. The van der Waals surface area contributed by atoms with E-state index in [1.54, 1.807) is 54.5 Å². The van der Waals surface area contributed by atoms with Gasteiger partial charge in [0, 0.05) is 24.7 Å². The van der Waals surface area contributed by atoms with Crippen LogP contribution >= 0.6 is 0 Å². The first-order chi connectivity index (χ1) is 14.0. The number of ether oxygens (including phenoxy) is 3. The molecule has 8 heteroatoms. The smallest absolute Gasteiger partial charge is 0.337 e. The summed E-state index contributed by atoms with van der Waals surface area (Å²) in [6.07, 6.45) is 0.0985. The van der Waals surface area contributed by atoms with Crippen LogP contribution in [0.25, 0.3) is 0 Å². The molecule has 0 aliphatic carbocycles. The highest BCUT2D eigenvalue weighted by molar-refractivity contribution is 6.04. The lowest BCUT2D eigenvalue weighted by Crippen LogP contribution is -2.28. The molecule has 2 aromatic carbocycles. The molecule has 1 aliphatic heterocycles. The monoisotopic (exact) mass is 398 g/mol. The van der Waals surface area contributed by atoms with Gasteiger partial charge < -0.3 is 24.4 Å². The molecule has 1 saturated heterocycles. The Balaban J connectivity index is 1.70. The van der Waals surface area contributed by atoms with Crippen LogP contribution in [-0.4, -0.2) is 45.7 Å². The summed E-state index contributed by atoms with van der Waals surface area (Å²) in [6.45, 7) is 0.244. The first kappa shape index (κ1) is 20.2. The number of anilines is 2. The van der Waals surface area contributed by atoms with Crippen molar-refractivity contribution in [1.82, 2.24) is 0 Å². The van der Waals surface area contributed by atoms with Gasteiger partial charge in [0.15, 0.2) is 0 Å². The molecule has 0 spiro atoms. The number of hydrogen-bond donors (Lipinski definition) is 1. The van der Waals surface area contributed by atoms with Gasteiger partial charge in [0.05, 0.1) is 38.5 Å². The number of nitrogens with zero attached hydrogens (tertiary/aromatic N) is 1. The SMILES string of the molecule is COC(=O)c1ccc(NC(=O)C2CC(=O)N(c3ccc(OC)cc3OC)C2)cc1. The normalized spacial score (nSPS) is 15.8. The third kappa shape index (κ3) is 4.31. The second kappa shape index (κ2) is 8.64. The first-order valence-corrected chi connectivity index (χ1v) is 8.98. The van der Waals surface area contributed by atoms with E-state index >= 15 is 0 Å². The summed E-state index contributed by atoms with van der Waals surface area (Å²) in [4.78, 5) is 38.2. The van der Waals surface area contributed by atoms with Crippen LogP contribution in [0.3, 0.4) is 0 Å².